The van der Waals surface area contributed by atoms with E-state index in [0.717, 1.165) is 18.3 Å². The molecule has 1 atom stereocenters. The molecule has 1 unspecified atom stereocenters. The third-order valence-electron chi connectivity index (χ3n) is 4.02. The first kappa shape index (κ1) is 13.4. The van der Waals surface area contributed by atoms with Crippen LogP contribution in [0.2, 0.25) is 0 Å². The van der Waals surface area contributed by atoms with Crippen molar-refractivity contribution in [1.29, 1.82) is 0 Å². The zero-order valence-corrected chi connectivity index (χ0v) is 11.8. The standard InChI is InChI=1S/C16H25NO/c1-11-7-12(2)16(15(8-11)13(3)9-17)18-10-14-5-4-6-14/h7-8,13-14H,4-6,9-10,17H2,1-3H3. The number of benzene rings is 1. The van der Waals surface area contributed by atoms with Crippen molar-refractivity contribution in [3.05, 3.63) is 28.8 Å². The van der Waals surface area contributed by atoms with Crippen LogP contribution in [-0.4, -0.2) is 13.2 Å². The monoisotopic (exact) mass is 247 g/mol. The van der Waals surface area contributed by atoms with Crippen molar-refractivity contribution < 1.29 is 4.74 Å². The number of hydrogen-bond acceptors (Lipinski definition) is 2. The Morgan fingerprint density at radius 1 is 1.33 bits per heavy atom. The van der Waals surface area contributed by atoms with Crippen molar-refractivity contribution in [2.24, 2.45) is 11.7 Å². The Morgan fingerprint density at radius 2 is 2.06 bits per heavy atom. The second-order valence-electron chi connectivity index (χ2n) is 5.74. The zero-order chi connectivity index (χ0) is 13.1. The molecule has 2 rings (SSSR count). The number of aryl methyl sites for hydroxylation is 2. The maximum Gasteiger partial charge on any atom is 0.125 e. The summed E-state index contributed by atoms with van der Waals surface area (Å²) < 4.78 is 6.09. The fourth-order valence-electron chi connectivity index (χ4n) is 2.54. The molecule has 0 aromatic heterocycles. The maximum atomic E-state index is 6.09. The number of rotatable bonds is 5. The van der Waals surface area contributed by atoms with Crippen molar-refractivity contribution in [1.82, 2.24) is 0 Å². The van der Waals surface area contributed by atoms with E-state index in [1.54, 1.807) is 0 Å². The molecule has 0 spiro atoms. The highest BCUT2D eigenvalue weighted by molar-refractivity contribution is 5.45. The molecule has 1 saturated carbocycles. The first-order valence-electron chi connectivity index (χ1n) is 7.05. The van der Waals surface area contributed by atoms with E-state index >= 15 is 0 Å². The van der Waals surface area contributed by atoms with Gasteiger partial charge in [-0.15, -0.1) is 0 Å². The van der Waals surface area contributed by atoms with Gasteiger partial charge in [0.25, 0.3) is 0 Å². The molecule has 1 aromatic rings. The summed E-state index contributed by atoms with van der Waals surface area (Å²) in [5.74, 6) is 2.21. The van der Waals surface area contributed by atoms with Crippen molar-refractivity contribution in [3.8, 4) is 5.75 Å². The molecule has 0 radical (unpaired) electrons. The summed E-state index contributed by atoms with van der Waals surface area (Å²) in [6.45, 7) is 7.98. The van der Waals surface area contributed by atoms with Crippen LogP contribution in [-0.2, 0) is 0 Å². The highest BCUT2D eigenvalue weighted by atomic mass is 16.5. The van der Waals surface area contributed by atoms with Crippen LogP contribution in [0.5, 0.6) is 5.75 Å². The molecule has 1 aliphatic carbocycles. The second kappa shape index (κ2) is 5.75. The highest BCUT2D eigenvalue weighted by Gasteiger charge is 2.20. The van der Waals surface area contributed by atoms with E-state index in [9.17, 15) is 0 Å². The van der Waals surface area contributed by atoms with Gasteiger partial charge in [-0.05, 0) is 56.2 Å². The number of nitrogens with two attached hydrogens (primary N) is 1. The molecule has 1 fully saturated rings. The molecular formula is C16H25NO. The summed E-state index contributed by atoms with van der Waals surface area (Å²) in [6, 6.07) is 4.42. The topological polar surface area (TPSA) is 35.2 Å². The molecule has 18 heavy (non-hydrogen) atoms. The average molecular weight is 247 g/mol. The number of ether oxygens (including phenoxy) is 1. The normalized spacial score (nSPS) is 17.3. The third-order valence-corrected chi connectivity index (χ3v) is 4.02. The first-order chi connectivity index (χ1) is 8.61. The van der Waals surface area contributed by atoms with Gasteiger partial charge in [0.15, 0.2) is 0 Å². The second-order valence-corrected chi connectivity index (χ2v) is 5.74. The zero-order valence-electron chi connectivity index (χ0n) is 11.8. The Balaban J connectivity index is 2.19. The molecule has 2 nitrogen and oxygen atoms in total. The molecule has 0 bridgehead atoms. The van der Waals surface area contributed by atoms with Crippen LogP contribution in [0.1, 0.15) is 48.8 Å². The van der Waals surface area contributed by atoms with Gasteiger partial charge < -0.3 is 10.5 Å². The molecular weight excluding hydrogens is 222 g/mol. The Labute approximate surface area is 111 Å². The fourth-order valence-corrected chi connectivity index (χ4v) is 2.54. The van der Waals surface area contributed by atoms with Gasteiger partial charge in [-0.25, -0.2) is 0 Å². The molecule has 0 amide bonds. The molecule has 0 heterocycles. The Kier molecular flexibility index (Phi) is 4.28. The minimum Gasteiger partial charge on any atom is -0.493 e. The molecule has 100 valence electrons. The smallest absolute Gasteiger partial charge is 0.125 e. The fraction of sp³-hybridized carbons (Fsp3) is 0.625. The van der Waals surface area contributed by atoms with Crippen LogP contribution in [0.4, 0.5) is 0 Å². The predicted octanol–water partition coefficient (Wildman–Crippen LogP) is 3.54. The lowest BCUT2D eigenvalue weighted by atomic mass is 9.86. The van der Waals surface area contributed by atoms with Crippen LogP contribution < -0.4 is 10.5 Å². The van der Waals surface area contributed by atoms with E-state index in [2.05, 4.69) is 32.9 Å². The lowest BCUT2D eigenvalue weighted by molar-refractivity contribution is 0.178. The van der Waals surface area contributed by atoms with Crippen LogP contribution in [0.15, 0.2) is 12.1 Å². The van der Waals surface area contributed by atoms with E-state index in [1.807, 2.05) is 0 Å². The summed E-state index contributed by atoms with van der Waals surface area (Å²) in [5, 5.41) is 0. The van der Waals surface area contributed by atoms with Crippen LogP contribution in [0, 0.1) is 19.8 Å². The van der Waals surface area contributed by atoms with Gasteiger partial charge in [-0.2, -0.15) is 0 Å². The van der Waals surface area contributed by atoms with Gasteiger partial charge in [0.2, 0.25) is 0 Å². The predicted molar refractivity (Wildman–Crippen MR) is 76.2 cm³/mol. The van der Waals surface area contributed by atoms with Crippen molar-refractivity contribution in [2.45, 2.75) is 46.0 Å². The minimum atomic E-state index is 0.361. The van der Waals surface area contributed by atoms with E-state index in [-0.39, 0.29) is 0 Å². The first-order valence-corrected chi connectivity index (χ1v) is 7.05. The summed E-state index contributed by atoms with van der Waals surface area (Å²) in [4.78, 5) is 0. The van der Waals surface area contributed by atoms with Crippen molar-refractivity contribution in [3.63, 3.8) is 0 Å². The molecule has 0 saturated heterocycles. The largest absolute Gasteiger partial charge is 0.493 e. The van der Waals surface area contributed by atoms with Gasteiger partial charge in [0, 0.05) is 0 Å². The lowest BCUT2D eigenvalue weighted by Gasteiger charge is -2.27. The van der Waals surface area contributed by atoms with Crippen LogP contribution in [0.25, 0.3) is 0 Å². The summed E-state index contributed by atoms with van der Waals surface area (Å²) in [5.41, 5.74) is 9.61. The maximum absolute atomic E-state index is 6.09. The SMILES string of the molecule is Cc1cc(C)c(OCC2CCC2)c(C(C)CN)c1. The van der Waals surface area contributed by atoms with E-state index in [1.165, 1.54) is 36.0 Å². The molecule has 2 N–H and O–H groups in total. The Hall–Kier alpha value is -1.02. The van der Waals surface area contributed by atoms with Crippen molar-refractivity contribution >= 4 is 0 Å². The average Bonchev–Trinajstić information content (AvgIpc) is 2.28. The Morgan fingerprint density at radius 3 is 2.61 bits per heavy atom. The molecule has 1 aliphatic rings. The number of hydrogen-bond donors (Lipinski definition) is 1. The molecule has 0 aliphatic heterocycles. The molecule has 2 heteroatoms. The van der Waals surface area contributed by atoms with Gasteiger partial charge in [-0.3, -0.25) is 0 Å². The van der Waals surface area contributed by atoms with Gasteiger partial charge in [-0.1, -0.05) is 31.0 Å². The van der Waals surface area contributed by atoms with Gasteiger partial charge >= 0.3 is 0 Å². The van der Waals surface area contributed by atoms with Gasteiger partial charge in [0.1, 0.15) is 5.75 Å². The quantitative estimate of drug-likeness (QED) is 0.863. The van der Waals surface area contributed by atoms with Crippen LogP contribution in [0.3, 0.4) is 0 Å². The Bertz CT molecular complexity index is 410. The summed E-state index contributed by atoms with van der Waals surface area (Å²) >= 11 is 0. The van der Waals surface area contributed by atoms with Crippen LogP contribution >= 0.6 is 0 Å². The van der Waals surface area contributed by atoms with E-state index < -0.39 is 0 Å². The highest BCUT2D eigenvalue weighted by Crippen LogP contribution is 2.33. The lowest BCUT2D eigenvalue weighted by Crippen LogP contribution is -2.20. The van der Waals surface area contributed by atoms with E-state index in [4.69, 9.17) is 10.5 Å². The summed E-state index contributed by atoms with van der Waals surface area (Å²) in [7, 11) is 0. The van der Waals surface area contributed by atoms with E-state index in [0.29, 0.717) is 12.5 Å². The van der Waals surface area contributed by atoms with Crippen molar-refractivity contribution in [2.75, 3.05) is 13.2 Å². The minimum absolute atomic E-state index is 0.361. The third kappa shape index (κ3) is 2.86. The summed E-state index contributed by atoms with van der Waals surface area (Å²) in [6.07, 6.45) is 4.02. The molecule has 1 aromatic carbocycles. The van der Waals surface area contributed by atoms with Gasteiger partial charge in [0.05, 0.1) is 6.61 Å².